The highest BCUT2D eigenvalue weighted by molar-refractivity contribution is 5.83. The number of carbonyl (C=O) groups excluding carboxylic acids is 2. The van der Waals surface area contributed by atoms with Gasteiger partial charge < -0.3 is 15.2 Å². The molecule has 0 saturated heterocycles. The smallest absolute Gasteiger partial charge is 0.328 e. The van der Waals surface area contributed by atoms with E-state index in [2.05, 4.69) is 10.1 Å². The lowest BCUT2D eigenvalue weighted by Gasteiger charge is -2.13. The summed E-state index contributed by atoms with van der Waals surface area (Å²) in [5, 5.41) is 10.9. The molecule has 0 rings (SSSR count). The van der Waals surface area contributed by atoms with E-state index in [0.29, 0.717) is 0 Å². The minimum Gasteiger partial charge on any atom is -0.467 e. The monoisotopic (exact) mass is 175 g/mol. The second-order valence-corrected chi connectivity index (χ2v) is 2.29. The molecule has 0 aromatic carbocycles. The summed E-state index contributed by atoms with van der Waals surface area (Å²) in [7, 11) is 1.23. The predicted molar refractivity (Wildman–Crippen MR) is 41.3 cm³/mol. The average Bonchev–Trinajstić information content (AvgIpc) is 2.01. The van der Waals surface area contributed by atoms with E-state index >= 15 is 0 Å². The Hall–Kier alpha value is -1.10. The van der Waals surface area contributed by atoms with E-state index in [4.69, 9.17) is 5.11 Å². The Morgan fingerprint density at radius 2 is 2.17 bits per heavy atom. The largest absolute Gasteiger partial charge is 0.467 e. The van der Waals surface area contributed by atoms with Gasteiger partial charge in [0.2, 0.25) is 5.91 Å². The number of amides is 1. The van der Waals surface area contributed by atoms with E-state index in [9.17, 15) is 9.59 Å². The van der Waals surface area contributed by atoms with Crippen molar-refractivity contribution < 1.29 is 19.4 Å². The van der Waals surface area contributed by atoms with E-state index in [1.165, 1.54) is 14.0 Å². The molecule has 1 amide bonds. The van der Waals surface area contributed by atoms with Crippen molar-refractivity contribution in [2.24, 2.45) is 0 Å². The van der Waals surface area contributed by atoms with Crippen molar-refractivity contribution in [1.29, 1.82) is 0 Å². The molecule has 0 unspecified atom stereocenters. The van der Waals surface area contributed by atoms with E-state index in [-0.39, 0.29) is 18.9 Å². The lowest BCUT2D eigenvalue weighted by molar-refractivity contribution is -0.145. The van der Waals surface area contributed by atoms with Gasteiger partial charge in [0.25, 0.3) is 0 Å². The number of esters is 1. The Morgan fingerprint density at radius 1 is 1.58 bits per heavy atom. The molecule has 0 heterocycles. The van der Waals surface area contributed by atoms with Crippen LogP contribution in [0, 0.1) is 0 Å². The van der Waals surface area contributed by atoms with Crippen LogP contribution in [-0.4, -0.2) is 36.7 Å². The molecule has 5 heteroatoms. The van der Waals surface area contributed by atoms with Crippen LogP contribution >= 0.6 is 0 Å². The van der Waals surface area contributed by atoms with E-state index in [1.54, 1.807) is 0 Å². The molecule has 12 heavy (non-hydrogen) atoms. The summed E-state index contributed by atoms with van der Waals surface area (Å²) in [6.07, 6.45) is 0.173. The lowest BCUT2D eigenvalue weighted by Crippen LogP contribution is -2.40. The first kappa shape index (κ1) is 10.9. The van der Waals surface area contributed by atoms with Gasteiger partial charge in [0.15, 0.2) is 0 Å². The second-order valence-electron chi connectivity index (χ2n) is 2.29. The van der Waals surface area contributed by atoms with Crippen LogP contribution in [0.1, 0.15) is 13.3 Å². The van der Waals surface area contributed by atoms with Crippen molar-refractivity contribution in [2.45, 2.75) is 19.4 Å². The molecule has 0 aliphatic rings. The molecule has 0 bridgehead atoms. The van der Waals surface area contributed by atoms with Crippen LogP contribution in [0.2, 0.25) is 0 Å². The summed E-state index contributed by atoms with van der Waals surface area (Å²) >= 11 is 0. The van der Waals surface area contributed by atoms with Crippen LogP contribution in [0.5, 0.6) is 0 Å². The maximum absolute atomic E-state index is 10.9. The molecule has 0 radical (unpaired) electrons. The Balaban J connectivity index is 4.02. The number of carbonyl (C=O) groups is 2. The molecule has 0 fully saturated rings. The average molecular weight is 175 g/mol. The van der Waals surface area contributed by atoms with Crippen LogP contribution in [0.4, 0.5) is 0 Å². The third-order valence-corrected chi connectivity index (χ3v) is 1.28. The zero-order valence-electron chi connectivity index (χ0n) is 7.16. The number of hydrogen-bond donors (Lipinski definition) is 2. The Labute approximate surface area is 70.7 Å². The van der Waals surface area contributed by atoms with Gasteiger partial charge in [-0.25, -0.2) is 4.79 Å². The van der Waals surface area contributed by atoms with Crippen LogP contribution < -0.4 is 5.32 Å². The summed E-state index contributed by atoms with van der Waals surface area (Å²) in [5.41, 5.74) is 0. The third-order valence-electron chi connectivity index (χ3n) is 1.28. The maximum Gasteiger partial charge on any atom is 0.328 e. The normalized spacial score (nSPS) is 11.9. The Kier molecular flexibility index (Phi) is 5.03. The zero-order valence-corrected chi connectivity index (χ0v) is 7.16. The molecular formula is C7H13NO4. The molecule has 2 N–H and O–H groups in total. The van der Waals surface area contributed by atoms with Gasteiger partial charge in [-0.05, 0) is 0 Å². The topological polar surface area (TPSA) is 75.6 Å². The van der Waals surface area contributed by atoms with Crippen molar-refractivity contribution in [3.8, 4) is 0 Å². The summed E-state index contributed by atoms with van der Waals surface area (Å²) in [4.78, 5) is 21.4. The van der Waals surface area contributed by atoms with Crippen molar-refractivity contribution in [2.75, 3.05) is 13.7 Å². The Bertz CT molecular complexity index is 169. The fourth-order valence-corrected chi connectivity index (χ4v) is 0.766. The zero-order chi connectivity index (χ0) is 9.56. The molecule has 0 saturated carbocycles. The standard InChI is InChI=1S/C7H13NO4/c1-5(10)8-6(3-4-9)7(11)12-2/h6,9H,3-4H2,1-2H3,(H,8,10)/t6-/m0/s1. The summed E-state index contributed by atoms with van der Waals surface area (Å²) in [6.45, 7) is 1.13. The second kappa shape index (κ2) is 5.54. The first-order valence-electron chi connectivity index (χ1n) is 3.57. The van der Waals surface area contributed by atoms with Crippen molar-refractivity contribution in [3.63, 3.8) is 0 Å². The van der Waals surface area contributed by atoms with Gasteiger partial charge >= 0.3 is 5.97 Å². The quantitative estimate of drug-likeness (QED) is 0.540. The van der Waals surface area contributed by atoms with Crippen LogP contribution in [-0.2, 0) is 14.3 Å². The minimum atomic E-state index is -0.738. The molecule has 1 atom stereocenters. The third kappa shape index (κ3) is 3.92. The number of aliphatic hydroxyl groups is 1. The van der Waals surface area contributed by atoms with Gasteiger partial charge in [0.05, 0.1) is 7.11 Å². The first-order valence-corrected chi connectivity index (χ1v) is 3.57. The van der Waals surface area contributed by atoms with Gasteiger partial charge in [-0.1, -0.05) is 0 Å². The first-order chi connectivity index (χ1) is 5.61. The fourth-order valence-electron chi connectivity index (χ4n) is 0.766. The van der Waals surface area contributed by atoms with Gasteiger partial charge in [-0.2, -0.15) is 0 Å². The SMILES string of the molecule is COC(=O)[C@H](CCO)NC(C)=O. The van der Waals surface area contributed by atoms with Gasteiger partial charge in [-0.15, -0.1) is 0 Å². The number of methoxy groups -OCH3 is 1. The van der Waals surface area contributed by atoms with E-state index in [1.807, 2.05) is 0 Å². The number of nitrogens with one attached hydrogen (secondary N) is 1. The van der Waals surface area contributed by atoms with Crippen molar-refractivity contribution in [1.82, 2.24) is 5.32 Å². The number of rotatable bonds is 4. The summed E-state index contributed by atoms with van der Waals surface area (Å²) in [5.74, 6) is -0.863. The van der Waals surface area contributed by atoms with E-state index < -0.39 is 12.0 Å². The highest BCUT2D eigenvalue weighted by Crippen LogP contribution is 1.93. The highest BCUT2D eigenvalue weighted by atomic mass is 16.5. The fraction of sp³-hybridized carbons (Fsp3) is 0.714. The summed E-state index contributed by atoms with van der Waals surface area (Å²) in [6, 6.07) is -0.738. The molecular weight excluding hydrogens is 162 g/mol. The van der Waals surface area contributed by atoms with Crippen LogP contribution in [0.15, 0.2) is 0 Å². The minimum absolute atomic E-state index is 0.167. The highest BCUT2D eigenvalue weighted by Gasteiger charge is 2.18. The predicted octanol–water partition coefficient (Wildman–Crippen LogP) is -0.954. The molecule has 70 valence electrons. The number of aliphatic hydroxyl groups excluding tert-OH is 1. The molecule has 0 aliphatic heterocycles. The van der Waals surface area contributed by atoms with Crippen molar-refractivity contribution in [3.05, 3.63) is 0 Å². The number of ether oxygens (including phenoxy) is 1. The molecule has 0 spiro atoms. The molecule has 0 aliphatic carbocycles. The molecule has 0 aromatic rings. The van der Waals surface area contributed by atoms with Gasteiger partial charge in [0.1, 0.15) is 6.04 Å². The Morgan fingerprint density at radius 3 is 2.50 bits per heavy atom. The maximum atomic E-state index is 10.9. The van der Waals surface area contributed by atoms with Crippen LogP contribution in [0.3, 0.4) is 0 Å². The number of hydrogen-bond acceptors (Lipinski definition) is 4. The van der Waals surface area contributed by atoms with E-state index in [0.717, 1.165) is 0 Å². The van der Waals surface area contributed by atoms with Crippen LogP contribution in [0.25, 0.3) is 0 Å². The van der Waals surface area contributed by atoms with Gasteiger partial charge in [0, 0.05) is 20.0 Å². The van der Waals surface area contributed by atoms with Crippen molar-refractivity contribution >= 4 is 11.9 Å². The van der Waals surface area contributed by atoms with Gasteiger partial charge in [-0.3, -0.25) is 4.79 Å². The summed E-state index contributed by atoms with van der Waals surface area (Å²) < 4.78 is 4.40. The molecule has 5 nitrogen and oxygen atoms in total. The lowest BCUT2D eigenvalue weighted by atomic mass is 10.2. The molecule has 0 aromatic heterocycles.